The minimum Gasteiger partial charge on any atom is -0.494 e. The lowest BCUT2D eigenvalue weighted by molar-refractivity contribution is 0.0224. The molecule has 1 unspecified atom stereocenters. The number of unbranched alkanes of at least 4 members (excludes halogenated alkanes) is 1. The summed E-state index contributed by atoms with van der Waals surface area (Å²) in [6.07, 6.45) is 2.09. The maximum atomic E-state index is 13.5. The van der Waals surface area contributed by atoms with Crippen molar-refractivity contribution < 1.29 is 19.0 Å². The fourth-order valence-corrected chi connectivity index (χ4v) is 6.40. The van der Waals surface area contributed by atoms with Crippen molar-refractivity contribution in [3.05, 3.63) is 137 Å². The molecule has 0 aliphatic carbocycles. The van der Waals surface area contributed by atoms with Crippen LogP contribution in [0.15, 0.2) is 109 Å². The predicted octanol–water partition coefficient (Wildman–Crippen LogP) is 9.64. The van der Waals surface area contributed by atoms with Crippen LogP contribution in [0.4, 0.5) is 22.7 Å². The van der Waals surface area contributed by atoms with Crippen LogP contribution < -0.4 is 19.7 Å². The summed E-state index contributed by atoms with van der Waals surface area (Å²) in [6.45, 7) is 7.71. The average molecular weight is 597 g/mol. The van der Waals surface area contributed by atoms with E-state index < -0.39 is 5.60 Å². The van der Waals surface area contributed by atoms with E-state index in [0.29, 0.717) is 23.7 Å². The number of aryl methyl sites for hydroxylation is 1. The van der Waals surface area contributed by atoms with Gasteiger partial charge in [-0.3, -0.25) is 0 Å². The van der Waals surface area contributed by atoms with Gasteiger partial charge in [0.1, 0.15) is 17.2 Å². The normalized spacial score (nSPS) is 15.8. The lowest BCUT2D eigenvalue weighted by atomic mass is 9.77. The maximum absolute atomic E-state index is 13.5. The molecule has 0 saturated heterocycles. The lowest BCUT2D eigenvalue weighted by Crippen LogP contribution is -2.33. The molecule has 6 nitrogen and oxygen atoms in total. The van der Waals surface area contributed by atoms with Crippen LogP contribution in [-0.4, -0.2) is 19.1 Å². The van der Waals surface area contributed by atoms with Crippen LogP contribution >= 0.6 is 0 Å². The Balaban J connectivity index is 1.37. The molecule has 0 bridgehead atoms. The molecule has 0 aromatic heterocycles. The number of hydrogen-bond acceptors (Lipinski definition) is 6. The molecule has 226 valence electrons. The summed E-state index contributed by atoms with van der Waals surface area (Å²) in [7, 11) is 0. The van der Waals surface area contributed by atoms with E-state index in [-0.39, 0.29) is 5.97 Å². The van der Waals surface area contributed by atoms with Gasteiger partial charge in [-0.1, -0.05) is 49.7 Å². The van der Waals surface area contributed by atoms with Gasteiger partial charge < -0.3 is 24.4 Å². The van der Waals surface area contributed by atoms with Crippen LogP contribution in [0, 0.1) is 6.92 Å². The molecule has 2 aliphatic heterocycles. The van der Waals surface area contributed by atoms with E-state index in [2.05, 4.69) is 60.5 Å². The molecule has 2 heterocycles. The number of esters is 1. The highest BCUT2D eigenvalue weighted by Crippen LogP contribution is 2.57. The maximum Gasteiger partial charge on any atom is 0.340 e. The van der Waals surface area contributed by atoms with Gasteiger partial charge in [-0.25, -0.2) is 4.79 Å². The van der Waals surface area contributed by atoms with Gasteiger partial charge in [-0.05, 0) is 92.6 Å². The largest absolute Gasteiger partial charge is 0.494 e. The number of rotatable bonds is 9. The lowest BCUT2D eigenvalue weighted by Gasteiger charge is -2.38. The van der Waals surface area contributed by atoms with Crippen molar-refractivity contribution >= 4 is 28.7 Å². The van der Waals surface area contributed by atoms with Gasteiger partial charge in [0, 0.05) is 52.1 Å². The van der Waals surface area contributed by atoms with Gasteiger partial charge in [0.25, 0.3) is 0 Å². The first-order valence-corrected chi connectivity index (χ1v) is 15.6. The topological polar surface area (TPSA) is 60.0 Å². The number of carbonyl (C=O) groups excluding carboxylic acids is 1. The highest BCUT2D eigenvalue weighted by molar-refractivity contribution is 5.97. The van der Waals surface area contributed by atoms with Crippen molar-refractivity contribution in [2.24, 2.45) is 0 Å². The van der Waals surface area contributed by atoms with Gasteiger partial charge in [-0.2, -0.15) is 0 Å². The third-order valence-corrected chi connectivity index (χ3v) is 8.60. The molecule has 0 radical (unpaired) electrons. The molecule has 0 amide bonds. The smallest absolute Gasteiger partial charge is 0.340 e. The Morgan fingerprint density at radius 2 is 1.51 bits per heavy atom. The summed E-state index contributed by atoms with van der Waals surface area (Å²) in [5.41, 5.74) is 6.81. The van der Waals surface area contributed by atoms with Crippen LogP contribution in [0.2, 0.25) is 0 Å². The van der Waals surface area contributed by atoms with Crippen LogP contribution in [0.3, 0.4) is 0 Å². The molecule has 5 aromatic rings. The number of carbonyl (C=O) groups is 1. The van der Waals surface area contributed by atoms with Gasteiger partial charge in [0.2, 0.25) is 0 Å². The monoisotopic (exact) mass is 596 g/mol. The zero-order valence-corrected chi connectivity index (χ0v) is 25.8. The third-order valence-electron chi connectivity index (χ3n) is 8.60. The Hall–Kier alpha value is -5.23. The number of nitrogens with one attached hydrogen (secondary N) is 1. The zero-order valence-electron chi connectivity index (χ0n) is 25.8. The molecule has 6 heteroatoms. The van der Waals surface area contributed by atoms with Crippen LogP contribution in [0.1, 0.15) is 59.3 Å². The van der Waals surface area contributed by atoms with Gasteiger partial charge in [-0.15, -0.1) is 0 Å². The first kappa shape index (κ1) is 28.5. The molecule has 7 rings (SSSR count). The highest BCUT2D eigenvalue weighted by Gasteiger charge is 2.53. The third kappa shape index (κ3) is 4.96. The van der Waals surface area contributed by atoms with Gasteiger partial charge >= 0.3 is 5.97 Å². The summed E-state index contributed by atoms with van der Waals surface area (Å²) in [5, 5.41) is 3.55. The summed E-state index contributed by atoms with van der Waals surface area (Å²) in [4.78, 5) is 15.8. The molecule has 1 atom stereocenters. The molecule has 45 heavy (non-hydrogen) atoms. The van der Waals surface area contributed by atoms with Crippen molar-refractivity contribution in [2.45, 2.75) is 39.2 Å². The van der Waals surface area contributed by atoms with Crippen LogP contribution in [0.5, 0.6) is 17.2 Å². The number of ether oxygens (including phenoxy) is 3. The van der Waals surface area contributed by atoms with E-state index in [1.807, 2.05) is 79.7 Å². The predicted molar refractivity (Wildman–Crippen MR) is 179 cm³/mol. The quantitative estimate of drug-likeness (QED) is 0.171. The van der Waals surface area contributed by atoms with Crippen molar-refractivity contribution in [1.29, 1.82) is 0 Å². The molecular formula is C39H36N2O4. The molecule has 5 aromatic carbocycles. The Bertz CT molecular complexity index is 1870. The van der Waals surface area contributed by atoms with Gasteiger partial charge in [0.15, 0.2) is 5.60 Å². The van der Waals surface area contributed by atoms with E-state index in [0.717, 1.165) is 70.1 Å². The summed E-state index contributed by atoms with van der Waals surface area (Å²) < 4.78 is 18.9. The number of fused-ring (bicyclic) bond motifs is 6. The van der Waals surface area contributed by atoms with E-state index in [9.17, 15) is 4.79 Å². The molecule has 1 spiro atoms. The van der Waals surface area contributed by atoms with E-state index >= 15 is 0 Å². The van der Waals surface area contributed by atoms with Crippen LogP contribution in [-0.2, 0) is 10.3 Å². The minimum atomic E-state index is -1.15. The number of nitrogens with zero attached hydrogens (tertiary/aromatic N) is 1. The molecule has 0 fully saturated rings. The number of benzene rings is 5. The van der Waals surface area contributed by atoms with E-state index in [1.165, 1.54) is 0 Å². The number of hydrogen-bond donors (Lipinski definition) is 1. The second-order valence-corrected chi connectivity index (χ2v) is 11.5. The summed E-state index contributed by atoms with van der Waals surface area (Å²) in [5.74, 6) is 1.84. The Morgan fingerprint density at radius 1 is 0.778 bits per heavy atom. The molecule has 0 saturated carbocycles. The SMILES string of the molecule is CCCCN(c1ccc(OCC)cc1)c1ccc2c(c1)Oc1cc(C)c(Nc3ccccc3)cc1C21OC(=O)c2ccccc21. The first-order valence-electron chi connectivity index (χ1n) is 15.6. The summed E-state index contributed by atoms with van der Waals surface area (Å²) in [6, 6.07) is 36.3. The first-order chi connectivity index (χ1) is 22.0. The average Bonchev–Trinajstić information content (AvgIpc) is 3.36. The van der Waals surface area contributed by atoms with Crippen molar-refractivity contribution in [3.63, 3.8) is 0 Å². The van der Waals surface area contributed by atoms with E-state index in [4.69, 9.17) is 14.2 Å². The Labute approximate surface area is 264 Å². The minimum absolute atomic E-state index is 0.342. The second-order valence-electron chi connectivity index (χ2n) is 11.5. The molecule has 1 N–H and O–H groups in total. The van der Waals surface area contributed by atoms with Gasteiger partial charge in [0.05, 0.1) is 12.2 Å². The molecular weight excluding hydrogens is 560 g/mol. The fourth-order valence-electron chi connectivity index (χ4n) is 6.40. The highest BCUT2D eigenvalue weighted by atomic mass is 16.6. The fraction of sp³-hybridized carbons (Fsp3) is 0.205. The summed E-state index contributed by atoms with van der Waals surface area (Å²) >= 11 is 0. The molecule has 2 aliphatic rings. The van der Waals surface area contributed by atoms with Crippen LogP contribution in [0.25, 0.3) is 0 Å². The number of anilines is 4. The van der Waals surface area contributed by atoms with Crippen molar-refractivity contribution in [3.8, 4) is 17.2 Å². The van der Waals surface area contributed by atoms with Crippen molar-refractivity contribution in [2.75, 3.05) is 23.4 Å². The Kier molecular flexibility index (Phi) is 7.42. The second kappa shape index (κ2) is 11.7. The standard InChI is InChI=1S/C39H36N2O4/c1-4-6-22-41(28-16-19-30(20-17-28)43-5-2)29-18-21-33-37(24-29)44-36-23-26(3)35(40-27-12-8-7-9-13-27)25-34(36)39(33)32-15-11-10-14-31(32)38(42)45-39/h7-21,23-25,40H,4-6,22H2,1-3H3. The number of para-hydroxylation sites is 1. The van der Waals surface area contributed by atoms with E-state index in [1.54, 1.807) is 0 Å². The zero-order chi connectivity index (χ0) is 31.0. The van der Waals surface area contributed by atoms with Crippen molar-refractivity contribution in [1.82, 2.24) is 0 Å². The Morgan fingerprint density at radius 3 is 2.29 bits per heavy atom.